The van der Waals surface area contributed by atoms with Crippen molar-refractivity contribution in [3.63, 3.8) is 0 Å². The van der Waals surface area contributed by atoms with Gasteiger partial charge in [0, 0.05) is 43.8 Å². The molecule has 1 aromatic carbocycles. The number of Topliss-reactive ketones (excluding diaryl/α,β-unsaturated/α-hetero) is 1. The van der Waals surface area contributed by atoms with Gasteiger partial charge in [-0.3, -0.25) is 14.5 Å². The molecule has 3 fully saturated rings. The fourth-order valence-electron chi connectivity index (χ4n) is 5.99. The van der Waals surface area contributed by atoms with E-state index in [1.54, 1.807) is 11.5 Å². The number of aromatic nitrogens is 1. The molecule has 1 spiro atoms. The number of fused-ring (bicyclic) bond motifs is 1. The molecular weight excluding hydrogens is 451 g/mol. The van der Waals surface area contributed by atoms with Gasteiger partial charge >= 0.3 is 5.97 Å². The van der Waals surface area contributed by atoms with Gasteiger partial charge in [0.2, 0.25) is 5.43 Å². The first kappa shape index (κ1) is 23.5. The third-order valence-corrected chi connectivity index (χ3v) is 7.90. The van der Waals surface area contributed by atoms with Crippen LogP contribution in [0.15, 0.2) is 17.1 Å². The second-order valence-corrected chi connectivity index (χ2v) is 10.2. The molecule has 1 unspecified atom stereocenters. The second-order valence-electron chi connectivity index (χ2n) is 10.2. The van der Waals surface area contributed by atoms with E-state index in [1.807, 2.05) is 4.90 Å². The summed E-state index contributed by atoms with van der Waals surface area (Å²) in [7, 11) is 0. The molecule has 2 aliphatic heterocycles. The Kier molecular flexibility index (Phi) is 5.88. The van der Waals surface area contributed by atoms with Gasteiger partial charge in [-0.25, -0.2) is 9.18 Å². The number of benzene rings is 1. The van der Waals surface area contributed by atoms with E-state index >= 15 is 4.39 Å². The predicted octanol–water partition coefficient (Wildman–Crippen LogP) is 3.46. The van der Waals surface area contributed by atoms with E-state index < -0.39 is 22.8 Å². The lowest BCUT2D eigenvalue weighted by molar-refractivity contribution is -0.117. The summed E-state index contributed by atoms with van der Waals surface area (Å²) in [6.07, 6.45) is 7.30. The van der Waals surface area contributed by atoms with Crippen molar-refractivity contribution in [2.75, 3.05) is 31.1 Å². The third-order valence-electron chi connectivity index (χ3n) is 7.90. The number of piperidine rings is 1. The molecule has 9 heteroatoms. The minimum Gasteiger partial charge on any atom is -0.477 e. The number of halogens is 1. The SMILES string of the molecule is CC(=O)CCN1CCCCC12CCN(c1c(F)cc3c(=O)c(C(=O)O)cn(C4CC4)c3c1C#N)C2. The van der Waals surface area contributed by atoms with Gasteiger partial charge < -0.3 is 14.6 Å². The Labute approximate surface area is 202 Å². The van der Waals surface area contributed by atoms with Gasteiger partial charge in [0.05, 0.1) is 16.6 Å². The van der Waals surface area contributed by atoms with Crippen LogP contribution in [0.2, 0.25) is 0 Å². The van der Waals surface area contributed by atoms with Crippen molar-refractivity contribution in [3.8, 4) is 6.07 Å². The van der Waals surface area contributed by atoms with Gasteiger partial charge in [0.15, 0.2) is 0 Å². The number of nitriles is 1. The van der Waals surface area contributed by atoms with E-state index in [-0.39, 0.29) is 34.0 Å². The summed E-state index contributed by atoms with van der Waals surface area (Å²) in [5.41, 5.74) is -0.768. The minimum atomic E-state index is -1.36. The molecule has 184 valence electrons. The highest BCUT2D eigenvalue weighted by molar-refractivity contribution is 5.96. The molecule has 5 rings (SSSR count). The van der Waals surface area contributed by atoms with Crippen LogP contribution >= 0.6 is 0 Å². The topological polar surface area (TPSA) is 107 Å². The number of carboxylic acids is 1. The Morgan fingerprint density at radius 1 is 1.26 bits per heavy atom. The van der Waals surface area contributed by atoms with Crippen molar-refractivity contribution in [1.29, 1.82) is 5.26 Å². The molecule has 1 saturated carbocycles. The maximum Gasteiger partial charge on any atom is 0.341 e. The maximum atomic E-state index is 15.6. The second kappa shape index (κ2) is 8.76. The van der Waals surface area contributed by atoms with E-state index in [2.05, 4.69) is 11.0 Å². The van der Waals surface area contributed by atoms with Crippen molar-refractivity contribution in [3.05, 3.63) is 39.4 Å². The van der Waals surface area contributed by atoms with Crippen molar-refractivity contribution >= 4 is 28.3 Å². The number of carbonyl (C=O) groups is 2. The quantitative estimate of drug-likeness (QED) is 0.675. The molecule has 0 bridgehead atoms. The zero-order valence-electron chi connectivity index (χ0n) is 19.8. The Bertz CT molecular complexity index is 1330. The van der Waals surface area contributed by atoms with E-state index in [4.69, 9.17) is 0 Å². The van der Waals surface area contributed by atoms with Crippen LogP contribution in [-0.2, 0) is 4.79 Å². The van der Waals surface area contributed by atoms with Crippen LogP contribution in [0.5, 0.6) is 0 Å². The molecule has 0 amide bonds. The number of hydrogen-bond donors (Lipinski definition) is 1. The standard InChI is InChI=1S/C26H29FN4O4/c1-16(32)6-10-30-9-3-2-7-26(30)8-11-29(15-26)23-19(13-28)22-18(12-21(23)27)24(33)20(25(34)35)14-31(22)17-4-5-17/h12,14,17H,2-11,15H2,1H3,(H,34,35). The molecule has 1 atom stereocenters. The van der Waals surface area contributed by atoms with Gasteiger partial charge in [-0.1, -0.05) is 6.42 Å². The monoisotopic (exact) mass is 480 g/mol. The van der Waals surface area contributed by atoms with Crippen molar-refractivity contribution in [1.82, 2.24) is 9.47 Å². The largest absolute Gasteiger partial charge is 0.477 e. The zero-order chi connectivity index (χ0) is 24.9. The van der Waals surface area contributed by atoms with Gasteiger partial charge in [0.1, 0.15) is 28.8 Å². The van der Waals surface area contributed by atoms with Gasteiger partial charge in [0.25, 0.3) is 0 Å². The average molecular weight is 481 g/mol. The molecular formula is C26H29FN4O4. The highest BCUT2D eigenvalue weighted by atomic mass is 19.1. The van der Waals surface area contributed by atoms with Gasteiger partial charge in [-0.05, 0) is 51.6 Å². The first-order chi connectivity index (χ1) is 16.8. The van der Waals surface area contributed by atoms with Crippen LogP contribution in [0.25, 0.3) is 10.9 Å². The van der Waals surface area contributed by atoms with Gasteiger partial charge in [-0.15, -0.1) is 0 Å². The Balaban J connectivity index is 1.61. The lowest BCUT2D eigenvalue weighted by atomic mass is 9.85. The summed E-state index contributed by atoms with van der Waals surface area (Å²) in [5, 5.41) is 19.6. The number of nitrogens with zero attached hydrogens (tertiary/aromatic N) is 4. The number of anilines is 1. The Hall–Kier alpha value is -3.25. The van der Waals surface area contributed by atoms with Crippen LogP contribution in [0.1, 0.15) is 73.8 Å². The summed E-state index contributed by atoms with van der Waals surface area (Å²) < 4.78 is 17.3. The fourth-order valence-corrected chi connectivity index (χ4v) is 5.99. The first-order valence-corrected chi connectivity index (χ1v) is 12.3. The summed E-state index contributed by atoms with van der Waals surface area (Å²) in [5.74, 6) is -1.90. The molecule has 2 aromatic rings. The third kappa shape index (κ3) is 4.00. The lowest BCUT2D eigenvalue weighted by Gasteiger charge is -2.45. The van der Waals surface area contributed by atoms with Crippen molar-refractivity contribution < 1.29 is 19.1 Å². The zero-order valence-corrected chi connectivity index (χ0v) is 19.8. The van der Waals surface area contributed by atoms with Crippen LogP contribution < -0.4 is 10.3 Å². The summed E-state index contributed by atoms with van der Waals surface area (Å²) in [6.45, 7) is 4.27. The van der Waals surface area contributed by atoms with E-state index in [0.717, 1.165) is 51.1 Å². The highest BCUT2D eigenvalue weighted by Gasteiger charge is 2.45. The fraction of sp³-hybridized carbons (Fsp3) is 0.538. The summed E-state index contributed by atoms with van der Waals surface area (Å²) >= 11 is 0. The van der Waals surface area contributed by atoms with Crippen LogP contribution in [0, 0.1) is 17.1 Å². The number of aromatic carboxylic acids is 1. The molecule has 35 heavy (non-hydrogen) atoms. The number of hydrogen-bond acceptors (Lipinski definition) is 6. The van der Waals surface area contributed by atoms with Crippen LogP contribution in [-0.4, -0.2) is 58.0 Å². The number of pyridine rings is 1. The lowest BCUT2D eigenvalue weighted by Crippen LogP contribution is -2.54. The number of ketones is 1. The maximum absolute atomic E-state index is 15.6. The molecule has 1 aromatic heterocycles. The molecule has 1 N–H and O–H groups in total. The molecule has 0 radical (unpaired) electrons. The summed E-state index contributed by atoms with van der Waals surface area (Å²) in [4.78, 5) is 40.5. The normalized spacial score (nSPS) is 22.6. The van der Waals surface area contributed by atoms with E-state index in [1.165, 1.54) is 6.20 Å². The predicted molar refractivity (Wildman–Crippen MR) is 128 cm³/mol. The smallest absolute Gasteiger partial charge is 0.341 e. The number of likely N-dealkylation sites (tertiary alicyclic amines) is 1. The van der Waals surface area contributed by atoms with Crippen molar-refractivity contribution in [2.24, 2.45) is 0 Å². The Morgan fingerprint density at radius 3 is 2.69 bits per heavy atom. The van der Waals surface area contributed by atoms with E-state index in [9.17, 15) is 24.8 Å². The van der Waals surface area contributed by atoms with E-state index in [0.29, 0.717) is 31.6 Å². The average Bonchev–Trinajstić information content (AvgIpc) is 3.59. The van der Waals surface area contributed by atoms with Crippen LogP contribution in [0.4, 0.5) is 10.1 Å². The Morgan fingerprint density at radius 2 is 2.03 bits per heavy atom. The molecule has 3 aliphatic rings. The molecule has 1 aliphatic carbocycles. The number of carboxylic acid groups (broad SMARTS) is 1. The van der Waals surface area contributed by atoms with Gasteiger partial charge in [-0.2, -0.15) is 5.26 Å². The summed E-state index contributed by atoms with van der Waals surface area (Å²) in [6, 6.07) is 3.25. The van der Waals surface area contributed by atoms with Crippen LogP contribution in [0.3, 0.4) is 0 Å². The first-order valence-electron chi connectivity index (χ1n) is 12.3. The van der Waals surface area contributed by atoms with Crippen molar-refractivity contribution in [2.45, 2.75) is 63.5 Å². The minimum absolute atomic E-state index is 0.00746. The number of rotatable bonds is 6. The number of carbonyl (C=O) groups excluding carboxylic acids is 1. The highest BCUT2D eigenvalue weighted by Crippen LogP contribution is 2.43. The molecule has 3 heterocycles. The molecule has 2 saturated heterocycles. The molecule has 8 nitrogen and oxygen atoms in total.